The Morgan fingerprint density at radius 1 is 0.389 bits per heavy atom. The van der Waals surface area contributed by atoms with Crippen molar-refractivity contribution < 1.29 is 39.8 Å². The zero-order valence-electron chi connectivity index (χ0n) is 57.6. The van der Waals surface area contributed by atoms with Gasteiger partial charge in [0.1, 0.15) is 24.4 Å². The fourth-order valence-electron chi connectivity index (χ4n) is 10.9. The number of hydrogen-bond donors (Lipinski definition) is 6. The highest BCUT2D eigenvalue weighted by Crippen LogP contribution is 2.23. The third-order valence-electron chi connectivity index (χ3n) is 16.6. The molecular weight excluding hydrogens is 1110 g/mol. The quantitative estimate of drug-likeness (QED) is 0.0261. The van der Waals surface area contributed by atoms with Crippen molar-refractivity contribution in [3.8, 4) is 0 Å². The van der Waals surface area contributed by atoms with Crippen LogP contribution in [0, 0.1) is 0 Å². The molecule has 1 amide bonds. The maximum atomic E-state index is 13.1. The van der Waals surface area contributed by atoms with E-state index >= 15 is 0 Å². The van der Waals surface area contributed by atoms with Gasteiger partial charge < -0.3 is 40.3 Å². The first-order chi connectivity index (χ1) is 44.3. The fraction of sp³-hybridized carbons (Fsp3) is 0.691. The van der Waals surface area contributed by atoms with Gasteiger partial charge in [-0.1, -0.05) is 327 Å². The van der Waals surface area contributed by atoms with E-state index in [4.69, 9.17) is 9.47 Å². The van der Waals surface area contributed by atoms with Crippen molar-refractivity contribution in [1.82, 2.24) is 5.32 Å². The second kappa shape index (κ2) is 67.9. The zero-order valence-corrected chi connectivity index (χ0v) is 57.6. The first kappa shape index (κ1) is 84.1. The first-order valence-corrected chi connectivity index (χ1v) is 37.1. The number of carbonyl (C=O) groups is 1. The van der Waals surface area contributed by atoms with Crippen LogP contribution < -0.4 is 5.32 Å². The molecule has 1 aliphatic heterocycles. The molecule has 0 spiro atoms. The van der Waals surface area contributed by atoms with Crippen molar-refractivity contribution in [1.29, 1.82) is 0 Å². The number of hydrogen-bond acceptors (Lipinski definition) is 8. The van der Waals surface area contributed by atoms with Gasteiger partial charge in [-0.3, -0.25) is 4.79 Å². The molecular formula is C81H137NO8. The second-order valence-electron chi connectivity index (χ2n) is 25.0. The normalized spacial score (nSPS) is 18.7. The number of amides is 1. The van der Waals surface area contributed by atoms with Crippen LogP contribution in [0.15, 0.2) is 146 Å². The number of rotatable bonds is 63. The standard InChI is InChI=1S/C81H137NO8/c1-3-5-7-9-11-13-15-17-19-21-23-25-27-29-31-33-35-37-38-39-41-43-45-47-49-51-53-55-57-59-61-63-65-67-69-71-77(85)82-74(73-89-81-80(88)79(87)78(86)76(72-83)90-81)75(84)70-68-66-64-62-60-58-56-54-52-50-48-46-44-42-40-36-34-32-30-28-26-24-22-20-18-16-14-12-10-8-6-4-2/h5,7,11,13,17,19,23,25,29,31,35,37,39,41,45,47,51-54,60,62,68,70,74-76,78-81,83-84,86-88H,3-4,6,8-10,12,14-16,18,20-22,24,26-28,30,32-34,36,38,40,42-44,46,48-50,55-59,61,63-67,69,71-73H2,1-2H3,(H,82,85)/b7-5-,13-11-,19-17-,25-23-,31-29-,37-35-,41-39-,47-45-,53-51-,54-52+,62-60+,70-68+. The molecule has 1 aliphatic rings. The average molecular weight is 1250 g/mol. The van der Waals surface area contributed by atoms with Crippen molar-refractivity contribution in [3.05, 3.63) is 146 Å². The van der Waals surface area contributed by atoms with Crippen molar-refractivity contribution in [2.45, 2.75) is 346 Å². The van der Waals surface area contributed by atoms with Crippen molar-refractivity contribution in [2.24, 2.45) is 0 Å². The van der Waals surface area contributed by atoms with E-state index in [1.54, 1.807) is 6.08 Å². The van der Waals surface area contributed by atoms with Crippen LogP contribution in [-0.2, 0) is 14.3 Å². The lowest BCUT2D eigenvalue weighted by atomic mass is 9.99. The van der Waals surface area contributed by atoms with Gasteiger partial charge in [0.25, 0.3) is 0 Å². The van der Waals surface area contributed by atoms with E-state index < -0.39 is 49.5 Å². The van der Waals surface area contributed by atoms with Crippen LogP contribution >= 0.6 is 0 Å². The van der Waals surface area contributed by atoms with E-state index in [0.29, 0.717) is 6.42 Å². The molecule has 0 aromatic rings. The number of nitrogens with one attached hydrogen (secondary N) is 1. The lowest BCUT2D eigenvalue weighted by molar-refractivity contribution is -0.302. The second-order valence-corrected chi connectivity index (χ2v) is 25.0. The van der Waals surface area contributed by atoms with Crippen LogP contribution in [0.25, 0.3) is 0 Å². The Hall–Kier alpha value is -3.93. The van der Waals surface area contributed by atoms with Gasteiger partial charge in [0.15, 0.2) is 6.29 Å². The van der Waals surface area contributed by atoms with Gasteiger partial charge in [-0.25, -0.2) is 0 Å². The van der Waals surface area contributed by atoms with Crippen LogP contribution in [-0.4, -0.2) is 87.5 Å². The van der Waals surface area contributed by atoms with E-state index in [1.165, 1.54) is 161 Å². The van der Waals surface area contributed by atoms with Gasteiger partial charge in [0.2, 0.25) is 5.91 Å². The third kappa shape index (κ3) is 55.7. The van der Waals surface area contributed by atoms with E-state index in [2.05, 4.69) is 153 Å². The molecule has 0 aromatic carbocycles. The maximum Gasteiger partial charge on any atom is 0.220 e. The minimum Gasteiger partial charge on any atom is -0.394 e. The minimum absolute atomic E-state index is 0.206. The summed E-state index contributed by atoms with van der Waals surface area (Å²) in [7, 11) is 0. The zero-order chi connectivity index (χ0) is 64.9. The Morgan fingerprint density at radius 2 is 0.700 bits per heavy atom. The van der Waals surface area contributed by atoms with Gasteiger partial charge >= 0.3 is 0 Å². The van der Waals surface area contributed by atoms with Crippen molar-refractivity contribution >= 4 is 5.91 Å². The fourth-order valence-corrected chi connectivity index (χ4v) is 10.9. The molecule has 1 rings (SSSR count). The molecule has 0 bridgehead atoms. The third-order valence-corrected chi connectivity index (χ3v) is 16.6. The van der Waals surface area contributed by atoms with Gasteiger partial charge in [-0.05, 0) is 116 Å². The summed E-state index contributed by atoms with van der Waals surface area (Å²) in [6.45, 7) is 3.66. The number of ether oxygens (including phenoxy) is 2. The molecule has 514 valence electrons. The highest BCUT2D eigenvalue weighted by atomic mass is 16.7. The Bertz CT molecular complexity index is 1940. The van der Waals surface area contributed by atoms with E-state index in [-0.39, 0.29) is 12.5 Å². The number of aliphatic hydroxyl groups is 5. The Balaban J connectivity index is 2.19. The number of aliphatic hydroxyl groups excluding tert-OH is 5. The van der Waals surface area contributed by atoms with Crippen LogP contribution in [0.3, 0.4) is 0 Å². The minimum atomic E-state index is -1.59. The summed E-state index contributed by atoms with van der Waals surface area (Å²) in [5.41, 5.74) is 0. The molecule has 9 heteroatoms. The molecule has 0 saturated carbocycles. The van der Waals surface area contributed by atoms with Crippen LogP contribution in [0.5, 0.6) is 0 Å². The van der Waals surface area contributed by atoms with E-state index in [1.807, 2.05) is 6.08 Å². The van der Waals surface area contributed by atoms with Crippen LogP contribution in [0.1, 0.15) is 303 Å². The molecule has 90 heavy (non-hydrogen) atoms. The molecule has 1 saturated heterocycles. The Labute approximate surface area is 553 Å². The lowest BCUT2D eigenvalue weighted by Crippen LogP contribution is -2.60. The maximum absolute atomic E-state index is 13.1. The summed E-state index contributed by atoms with van der Waals surface area (Å²) in [5.74, 6) is -0.206. The largest absolute Gasteiger partial charge is 0.394 e. The molecule has 1 heterocycles. The lowest BCUT2D eigenvalue weighted by Gasteiger charge is -2.40. The highest BCUT2D eigenvalue weighted by Gasteiger charge is 2.44. The summed E-state index contributed by atoms with van der Waals surface area (Å²) in [6, 6.07) is -0.848. The summed E-state index contributed by atoms with van der Waals surface area (Å²) in [4.78, 5) is 13.1. The van der Waals surface area contributed by atoms with Gasteiger partial charge in [-0.15, -0.1) is 0 Å². The smallest absolute Gasteiger partial charge is 0.220 e. The van der Waals surface area contributed by atoms with Gasteiger partial charge in [0, 0.05) is 6.42 Å². The topological polar surface area (TPSA) is 149 Å². The number of unbranched alkanes of at least 4 members (excludes halogenated alkanes) is 31. The summed E-state index contributed by atoms with van der Waals surface area (Å²) < 4.78 is 11.3. The predicted octanol–water partition coefficient (Wildman–Crippen LogP) is 20.9. The van der Waals surface area contributed by atoms with E-state index in [9.17, 15) is 30.3 Å². The molecule has 6 N–H and O–H groups in total. The van der Waals surface area contributed by atoms with Crippen LogP contribution in [0.4, 0.5) is 0 Å². The number of carbonyl (C=O) groups excluding carboxylic acids is 1. The van der Waals surface area contributed by atoms with Gasteiger partial charge in [0.05, 0.1) is 25.4 Å². The molecule has 7 atom stereocenters. The van der Waals surface area contributed by atoms with E-state index in [0.717, 1.165) is 122 Å². The predicted molar refractivity (Wildman–Crippen MR) is 386 cm³/mol. The molecule has 0 radical (unpaired) electrons. The molecule has 9 nitrogen and oxygen atoms in total. The Kier molecular flexibility index (Phi) is 63.5. The monoisotopic (exact) mass is 1250 g/mol. The highest BCUT2D eigenvalue weighted by molar-refractivity contribution is 5.76. The molecule has 0 aliphatic carbocycles. The molecule has 1 fully saturated rings. The van der Waals surface area contributed by atoms with Crippen molar-refractivity contribution in [3.63, 3.8) is 0 Å². The molecule has 0 aromatic heterocycles. The van der Waals surface area contributed by atoms with Crippen LogP contribution in [0.2, 0.25) is 0 Å². The summed E-state index contributed by atoms with van der Waals surface area (Å²) >= 11 is 0. The average Bonchev–Trinajstić information content (AvgIpc) is 1.28. The van der Waals surface area contributed by atoms with Gasteiger partial charge in [-0.2, -0.15) is 0 Å². The number of allylic oxidation sites excluding steroid dienone is 23. The molecule has 7 unspecified atom stereocenters. The SMILES string of the molecule is CC/C=C\C/C=C\C/C=C\C/C=C\C/C=C\C/C=C\C/C=C\C/C=C\C/C=C\CCCCCCCCCC(=O)NC(COC1OC(CO)C(O)C(O)C1O)C(O)/C=C/CC/C=C/CC/C=C/CCCCCCCCCCCCCCCCCCCCCCCC. The Morgan fingerprint density at radius 3 is 1.07 bits per heavy atom. The van der Waals surface area contributed by atoms with Crippen molar-refractivity contribution in [2.75, 3.05) is 13.2 Å². The summed E-state index contributed by atoms with van der Waals surface area (Å²) in [6.07, 6.45) is 98.2. The first-order valence-electron chi connectivity index (χ1n) is 37.1. The summed E-state index contributed by atoms with van der Waals surface area (Å²) in [5, 5.41) is 54.8.